The first-order chi connectivity index (χ1) is 8.67. The second kappa shape index (κ2) is 8.11. The van der Waals surface area contributed by atoms with Gasteiger partial charge >= 0.3 is 5.97 Å². The fourth-order valence-corrected chi connectivity index (χ4v) is 2.42. The maximum Gasteiger partial charge on any atom is 0.323 e. The van der Waals surface area contributed by atoms with Gasteiger partial charge in [-0.15, -0.1) is 11.8 Å². The van der Waals surface area contributed by atoms with Crippen molar-refractivity contribution in [3.05, 3.63) is 30.1 Å². The highest BCUT2D eigenvalue weighted by Gasteiger charge is 2.18. The predicted molar refractivity (Wildman–Crippen MR) is 71.2 cm³/mol. The Hall–Kier alpha value is -1.07. The highest BCUT2D eigenvalue weighted by Crippen LogP contribution is 2.19. The molecule has 0 bridgehead atoms. The number of benzene rings is 1. The molecule has 1 atom stereocenters. The van der Waals surface area contributed by atoms with Crippen molar-refractivity contribution in [3.63, 3.8) is 0 Å². The average Bonchev–Trinajstić information content (AvgIpc) is 2.35. The van der Waals surface area contributed by atoms with Crippen molar-refractivity contribution < 1.29 is 13.9 Å². The number of carbonyl (C=O) groups excluding carboxylic acids is 1. The lowest BCUT2D eigenvalue weighted by atomic mass is 10.3. The quantitative estimate of drug-likeness (QED) is 0.611. The van der Waals surface area contributed by atoms with Gasteiger partial charge in [-0.2, -0.15) is 0 Å². The fourth-order valence-electron chi connectivity index (χ4n) is 1.44. The summed E-state index contributed by atoms with van der Waals surface area (Å²) in [5.41, 5.74) is 0. The molecule has 0 heterocycles. The zero-order chi connectivity index (χ0) is 13.4. The SMILES string of the molecule is CCNC(CSc1cccc(F)c1)C(=O)OCC. The number of thioether (sulfide) groups is 1. The Balaban J connectivity index is 2.53. The van der Waals surface area contributed by atoms with Crippen LogP contribution < -0.4 is 5.32 Å². The van der Waals surface area contributed by atoms with E-state index in [4.69, 9.17) is 4.74 Å². The molecule has 100 valence electrons. The minimum absolute atomic E-state index is 0.261. The van der Waals surface area contributed by atoms with Crippen LogP contribution in [0.1, 0.15) is 13.8 Å². The summed E-state index contributed by atoms with van der Waals surface area (Å²) in [4.78, 5) is 12.5. The first-order valence-electron chi connectivity index (χ1n) is 5.95. The molecule has 1 aromatic carbocycles. The van der Waals surface area contributed by atoms with E-state index in [0.29, 0.717) is 18.9 Å². The van der Waals surface area contributed by atoms with Crippen molar-refractivity contribution in [1.82, 2.24) is 5.32 Å². The maximum atomic E-state index is 13.0. The predicted octanol–water partition coefficient (Wildman–Crippen LogP) is 2.46. The van der Waals surface area contributed by atoms with Gasteiger partial charge in [-0.3, -0.25) is 4.79 Å². The topological polar surface area (TPSA) is 38.3 Å². The second-order valence-corrected chi connectivity index (χ2v) is 4.72. The van der Waals surface area contributed by atoms with Crippen molar-refractivity contribution in [1.29, 1.82) is 0 Å². The molecule has 0 saturated heterocycles. The third-order valence-corrected chi connectivity index (χ3v) is 3.32. The van der Waals surface area contributed by atoms with E-state index in [9.17, 15) is 9.18 Å². The number of likely N-dealkylation sites (N-methyl/N-ethyl adjacent to an activating group) is 1. The van der Waals surface area contributed by atoms with Crippen LogP contribution in [0.15, 0.2) is 29.2 Å². The van der Waals surface area contributed by atoms with Gasteiger partial charge in [0.2, 0.25) is 0 Å². The Morgan fingerprint density at radius 3 is 2.89 bits per heavy atom. The monoisotopic (exact) mass is 271 g/mol. The number of nitrogens with one attached hydrogen (secondary N) is 1. The number of ether oxygens (including phenoxy) is 1. The van der Waals surface area contributed by atoms with Gasteiger partial charge in [-0.05, 0) is 31.7 Å². The van der Waals surface area contributed by atoms with Crippen LogP contribution in [0.3, 0.4) is 0 Å². The number of rotatable bonds is 7. The van der Waals surface area contributed by atoms with Crippen molar-refractivity contribution >= 4 is 17.7 Å². The maximum absolute atomic E-state index is 13.0. The van der Waals surface area contributed by atoms with Crippen LogP contribution in [0.2, 0.25) is 0 Å². The number of halogens is 1. The van der Waals surface area contributed by atoms with Crippen molar-refractivity contribution in [2.75, 3.05) is 18.9 Å². The molecule has 5 heteroatoms. The Kier molecular flexibility index (Phi) is 6.75. The van der Waals surface area contributed by atoms with E-state index in [1.54, 1.807) is 13.0 Å². The summed E-state index contributed by atoms with van der Waals surface area (Å²) in [5, 5.41) is 3.06. The van der Waals surface area contributed by atoms with Gasteiger partial charge in [0.05, 0.1) is 6.61 Å². The van der Waals surface area contributed by atoms with Gasteiger partial charge in [0.1, 0.15) is 11.9 Å². The van der Waals surface area contributed by atoms with Crippen LogP contribution in [0, 0.1) is 5.82 Å². The molecule has 0 fully saturated rings. The summed E-state index contributed by atoms with van der Waals surface area (Å²) >= 11 is 1.43. The van der Waals surface area contributed by atoms with E-state index in [1.807, 2.05) is 13.0 Å². The summed E-state index contributed by atoms with van der Waals surface area (Å²) in [6.45, 7) is 4.76. The normalized spacial score (nSPS) is 12.2. The Bertz CT molecular complexity index is 387. The zero-order valence-corrected chi connectivity index (χ0v) is 11.4. The van der Waals surface area contributed by atoms with E-state index < -0.39 is 0 Å². The molecule has 3 nitrogen and oxygen atoms in total. The lowest BCUT2D eigenvalue weighted by Crippen LogP contribution is -2.40. The highest BCUT2D eigenvalue weighted by molar-refractivity contribution is 7.99. The second-order valence-electron chi connectivity index (χ2n) is 3.63. The largest absolute Gasteiger partial charge is 0.465 e. The van der Waals surface area contributed by atoms with Crippen molar-refractivity contribution in [3.8, 4) is 0 Å². The molecule has 1 rings (SSSR count). The van der Waals surface area contributed by atoms with Crippen LogP contribution in [0.5, 0.6) is 0 Å². The van der Waals surface area contributed by atoms with Gasteiger partial charge in [-0.25, -0.2) is 4.39 Å². The molecule has 0 aromatic heterocycles. The third kappa shape index (κ3) is 5.06. The fraction of sp³-hybridized carbons (Fsp3) is 0.462. The lowest BCUT2D eigenvalue weighted by Gasteiger charge is -2.15. The van der Waals surface area contributed by atoms with E-state index in [-0.39, 0.29) is 17.8 Å². The summed E-state index contributed by atoms with van der Waals surface area (Å²) in [6.07, 6.45) is 0. The molecule has 18 heavy (non-hydrogen) atoms. The summed E-state index contributed by atoms with van der Waals surface area (Å²) in [6, 6.07) is 5.98. The van der Waals surface area contributed by atoms with Gasteiger partial charge < -0.3 is 10.1 Å². The molecule has 0 aliphatic rings. The minimum atomic E-state index is -0.358. The molecule has 0 amide bonds. The van der Waals surface area contributed by atoms with E-state index in [0.717, 1.165) is 4.90 Å². The van der Waals surface area contributed by atoms with Crippen LogP contribution in [-0.4, -0.2) is 30.9 Å². The first-order valence-corrected chi connectivity index (χ1v) is 6.94. The summed E-state index contributed by atoms with van der Waals surface area (Å²) < 4.78 is 18.0. The standard InChI is InChI=1S/C13H18FNO2S/c1-3-15-12(13(16)17-4-2)9-18-11-7-5-6-10(14)8-11/h5-8,12,15H,3-4,9H2,1-2H3. The number of hydrogen-bond acceptors (Lipinski definition) is 4. The average molecular weight is 271 g/mol. The van der Waals surface area contributed by atoms with E-state index in [1.165, 1.54) is 23.9 Å². The van der Waals surface area contributed by atoms with Crippen LogP contribution in [0.4, 0.5) is 4.39 Å². The minimum Gasteiger partial charge on any atom is -0.465 e. The molecular formula is C13H18FNO2S. The molecule has 0 aliphatic heterocycles. The lowest BCUT2D eigenvalue weighted by molar-refractivity contribution is -0.144. The summed E-state index contributed by atoms with van der Waals surface area (Å²) in [7, 11) is 0. The van der Waals surface area contributed by atoms with Crippen LogP contribution in [-0.2, 0) is 9.53 Å². The molecular weight excluding hydrogens is 253 g/mol. The highest BCUT2D eigenvalue weighted by atomic mass is 32.2. The van der Waals surface area contributed by atoms with Gasteiger partial charge in [-0.1, -0.05) is 13.0 Å². The molecule has 0 radical (unpaired) electrons. The molecule has 1 aromatic rings. The summed E-state index contributed by atoms with van der Waals surface area (Å²) in [5.74, 6) is -0.00441. The third-order valence-electron chi connectivity index (χ3n) is 2.23. The smallest absolute Gasteiger partial charge is 0.323 e. The molecule has 1 unspecified atom stereocenters. The van der Waals surface area contributed by atoms with Crippen LogP contribution >= 0.6 is 11.8 Å². The Morgan fingerprint density at radius 2 is 2.28 bits per heavy atom. The Morgan fingerprint density at radius 1 is 1.50 bits per heavy atom. The molecule has 0 spiro atoms. The molecule has 0 aliphatic carbocycles. The Labute approximate surface area is 111 Å². The van der Waals surface area contributed by atoms with E-state index >= 15 is 0 Å². The van der Waals surface area contributed by atoms with Gasteiger partial charge in [0.15, 0.2) is 0 Å². The number of hydrogen-bond donors (Lipinski definition) is 1. The van der Waals surface area contributed by atoms with E-state index in [2.05, 4.69) is 5.32 Å². The van der Waals surface area contributed by atoms with Crippen molar-refractivity contribution in [2.24, 2.45) is 0 Å². The molecule has 0 saturated carbocycles. The van der Waals surface area contributed by atoms with Gasteiger partial charge in [0.25, 0.3) is 0 Å². The zero-order valence-electron chi connectivity index (χ0n) is 10.6. The molecule has 1 N–H and O–H groups in total. The number of carbonyl (C=O) groups is 1. The van der Waals surface area contributed by atoms with Crippen molar-refractivity contribution in [2.45, 2.75) is 24.8 Å². The number of esters is 1. The van der Waals surface area contributed by atoms with Crippen LogP contribution in [0.25, 0.3) is 0 Å². The van der Waals surface area contributed by atoms with Gasteiger partial charge in [0, 0.05) is 10.6 Å². The first kappa shape index (κ1) is 15.0.